The standard InChI is InChI=1S/C20H22O4/c1-5-24-20(21)12-14(2)15-6-8-16(9-7-15)18-13-17(22-3)10-11-19(18)23-4/h6-13H,5H2,1-4H3. The van der Waals surface area contributed by atoms with Crippen LogP contribution in [-0.2, 0) is 9.53 Å². The molecule has 0 radical (unpaired) electrons. The predicted molar refractivity (Wildman–Crippen MR) is 95.3 cm³/mol. The summed E-state index contributed by atoms with van der Waals surface area (Å²) in [4.78, 5) is 11.5. The van der Waals surface area contributed by atoms with E-state index in [1.807, 2.05) is 49.4 Å². The molecule has 2 rings (SSSR count). The summed E-state index contributed by atoms with van der Waals surface area (Å²) in [5.74, 6) is 1.23. The number of methoxy groups -OCH3 is 2. The van der Waals surface area contributed by atoms with E-state index in [-0.39, 0.29) is 5.97 Å². The zero-order valence-corrected chi connectivity index (χ0v) is 14.5. The van der Waals surface area contributed by atoms with E-state index in [1.54, 1.807) is 21.1 Å². The number of ether oxygens (including phenoxy) is 3. The van der Waals surface area contributed by atoms with Crippen LogP contribution in [0.3, 0.4) is 0 Å². The van der Waals surface area contributed by atoms with E-state index in [0.29, 0.717) is 6.61 Å². The lowest BCUT2D eigenvalue weighted by molar-refractivity contribution is -0.137. The van der Waals surface area contributed by atoms with Gasteiger partial charge in [0, 0.05) is 11.6 Å². The first-order chi connectivity index (χ1) is 11.6. The molecule has 4 nitrogen and oxygen atoms in total. The molecular weight excluding hydrogens is 304 g/mol. The van der Waals surface area contributed by atoms with Crippen LogP contribution < -0.4 is 9.47 Å². The predicted octanol–water partition coefficient (Wildman–Crippen LogP) is 4.34. The SMILES string of the molecule is CCOC(=O)C=C(C)c1ccc(-c2cc(OC)ccc2OC)cc1. The number of esters is 1. The average Bonchev–Trinajstić information content (AvgIpc) is 2.61. The van der Waals surface area contributed by atoms with Gasteiger partial charge in [0.1, 0.15) is 11.5 Å². The van der Waals surface area contributed by atoms with Crippen LogP contribution in [0, 0.1) is 0 Å². The molecule has 0 saturated carbocycles. The molecule has 0 aromatic heterocycles. The van der Waals surface area contributed by atoms with Crippen LogP contribution >= 0.6 is 0 Å². The fourth-order valence-electron chi connectivity index (χ4n) is 2.40. The molecule has 24 heavy (non-hydrogen) atoms. The Kier molecular flexibility index (Phi) is 6.01. The number of hydrogen-bond donors (Lipinski definition) is 0. The Morgan fingerprint density at radius 1 is 1.04 bits per heavy atom. The largest absolute Gasteiger partial charge is 0.497 e. The summed E-state index contributed by atoms with van der Waals surface area (Å²) >= 11 is 0. The molecule has 0 heterocycles. The first-order valence-electron chi connectivity index (χ1n) is 7.77. The minimum absolute atomic E-state index is 0.325. The normalized spacial score (nSPS) is 11.1. The van der Waals surface area contributed by atoms with E-state index >= 15 is 0 Å². The smallest absolute Gasteiger partial charge is 0.331 e. The summed E-state index contributed by atoms with van der Waals surface area (Å²) < 4.78 is 15.7. The molecule has 0 fully saturated rings. The number of carbonyl (C=O) groups excluding carboxylic acids is 1. The second-order valence-electron chi connectivity index (χ2n) is 5.22. The van der Waals surface area contributed by atoms with Gasteiger partial charge in [0.2, 0.25) is 0 Å². The van der Waals surface area contributed by atoms with Crippen molar-refractivity contribution in [2.45, 2.75) is 13.8 Å². The van der Waals surface area contributed by atoms with Gasteiger partial charge in [0.25, 0.3) is 0 Å². The molecule has 0 N–H and O–H groups in total. The summed E-state index contributed by atoms with van der Waals surface area (Å²) in [6.07, 6.45) is 1.50. The second kappa shape index (κ2) is 8.20. The molecule has 0 atom stereocenters. The second-order valence-corrected chi connectivity index (χ2v) is 5.22. The van der Waals surface area contributed by atoms with Gasteiger partial charge in [-0.3, -0.25) is 0 Å². The van der Waals surface area contributed by atoms with Crippen molar-refractivity contribution in [3.8, 4) is 22.6 Å². The fourth-order valence-corrected chi connectivity index (χ4v) is 2.40. The molecule has 0 aliphatic carbocycles. The van der Waals surface area contributed by atoms with E-state index in [9.17, 15) is 4.79 Å². The van der Waals surface area contributed by atoms with Crippen LogP contribution in [0.4, 0.5) is 0 Å². The van der Waals surface area contributed by atoms with Gasteiger partial charge in [-0.15, -0.1) is 0 Å². The molecule has 0 aliphatic rings. The van der Waals surface area contributed by atoms with E-state index in [1.165, 1.54) is 6.08 Å². The molecule has 0 spiro atoms. The van der Waals surface area contributed by atoms with Gasteiger partial charge in [-0.1, -0.05) is 24.3 Å². The monoisotopic (exact) mass is 326 g/mol. The molecular formula is C20H22O4. The van der Waals surface area contributed by atoms with Crippen molar-refractivity contribution in [3.05, 3.63) is 54.1 Å². The molecule has 126 valence electrons. The Morgan fingerprint density at radius 2 is 1.75 bits per heavy atom. The van der Waals surface area contributed by atoms with Crippen LogP contribution in [0.15, 0.2) is 48.5 Å². The van der Waals surface area contributed by atoms with Crippen molar-refractivity contribution < 1.29 is 19.0 Å². The van der Waals surface area contributed by atoms with Gasteiger partial charge in [-0.05, 0) is 48.7 Å². The molecule has 0 bridgehead atoms. The van der Waals surface area contributed by atoms with E-state index in [0.717, 1.165) is 33.8 Å². The van der Waals surface area contributed by atoms with Crippen LogP contribution in [0.2, 0.25) is 0 Å². The maximum Gasteiger partial charge on any atom is 0.331 e. The maximum atomic E-state index is 11.5. The van der Waals surface area contributed by atoms with E-state index in [4.69, 9.17) is 14.2 Å². The number of hydrogen-bond acceptors (Lipinski definition) is 4. The molecule has 2 aromatic rings. The fraction of sp³-hybridized carbons (Fsp3) is 0.250. The summed E-state index contributed by atoms with van der Waals surface area (Å²) in [7, 11) is 3.28. The van der Waals surface area contributed by atoms with Crippen molar-refractivity contribution in [3.63, 3.8) is 0 Å². The van der Waals surface area contributed by atoms with Gasteiger partial charge >= 0.3 is 5.97 Å². The topological polar surface area (TPSA) is 44.8 Å². The minimum atomic E-state index is -0.325. The highest BCUT2D eigenvalue weighted by atomic mass is 16.5. The number of allylic oxidation sites excluding steroid dienone is 1. The lowest BCUT2D eigenvalue weighted by Gasteiger charge is -2.11. The molecule has 0 unspecified atom stereocenters. The third-order valence-corrected chi connectivity index (χ3v) is 3.68. The Morgan fingerprint density at radius 3 is 2.33 bits per heavy atom. The molecule has 0 saturated heterocycles. The highest BCUT2D eigenvalue weighted by Gasteiger charge is 2.08. The number of benzene rings is 2. The average molecular weight is 326 g/mol. The Bertz CT molecular complexity index is 730. The summed E-state index contributed by atoms with van der Waals surface area (Å²) in [6, 6.07) is 13.6. The summed E-state index contributed by atoms with van der Waals surface area (Å²) in [5, 5.41) is 0. The molecule has 0 aliphatic heterocycles. The zero-order valence-electron chi connectivity index (χ0n) is 14.5. The minimum Gasteiger partial charge on any atom is -0.497 e. The van der Waals surface area contributed by atoms with Crippen LogP contribution in [-0.4, -0.2) is 26.8 Å². The highest BCUT2D eigenvalue weighted by Crippen LogP contribution is 2.33. The van der Waals surface area contributed by atoms with Crippen LogP contribution in [0.25, 0.3) is 16.7 Å². The van der Waals surface area contributed by atoms with E-state index < -0.39 is 0 Å². The lowest BCUT2D eigenvalue weighted by Crippen LogP contribution is -2.00. The first kappa shape index (κ1) is 17.6. The van der Waals surface area contributed by atoms with Crippen molar-refractivity contribution >= 4 is 11.5 Å². The summed E-state index contributed by atoms with van der Waals surface area (Å²) in [6.45, 7) is 4.05. The quantitative estimate of drug-likeness (QED) is 0.585. The van der Waals surface area contributed by atoms with Gasteiger partial charge in [0.05, 0.1) is 20.8 Å². The third kappa shape index (κ3) is 4.16. The number of rotatable bonds is 6. The highest BCUT2D eigenvalue weighted by molar-refractivity contribution is 5.91. The third-order valence-electron chi connectivity index (χ3n) is 3.68. The zero-order chi connectivity index (χ0) is 17.5. The first-order valence-corrected chi connectivity index (χ1v) is 7.77. The Hall–Kier alpha value is -2.75. The summed E-state index contributed by atoms with van der Waals surface area (Å²) in [5.41, 5.74) is 3.79. The lowest BCUT2D eigenvalue weighted by atomic mass is 10.00. The number of carbonyl (C=O) groups is 1. The van der Waals surface area contributed by atoms with E-state index in [2.05, 4.69) is 0 Å². The Labute approximate surface area is 142 Å². The van der Waals surface area contributed by atoms with Gasteiger partial charge in [-0.25, -0.2) is 4.79 Å². The maximum absolute atomic E-state index is 11.5. The van der Waals surface area contributed by atoms with Gasteiger partial charge in [0.15, 0.2) is 0 Å². The van der Waals surface area contributed by atoms with Crippen molar-refractivity contribution in [2.75, 3.05) is 20.8 Å². The van der Waals surface area contributed by atoms with Gasteiger partial charge < -0.3 is 14.2 Å². The van der Waals surface area contributed by atoms with Crippen LogP contribution in [0.1, 0.15) is 19.4 Å². The van der Waals surface area contributed by atoms with Crippen molar-refractivity contribution in [1.29, 1.82) is 0 Å². The van der Waals surface area contributed by atoms with Crippen molar-refractivity contribution in [2.24, 2.45) is 0 Å². The van der Waals surface area contributed by atoms with Crippen molar-refractivity contribution in [1.82, 2.24) is 0 Å². The van der Waals surface area contributed by atoms with Gasteiger partial charge in [-0.2, -0.15) is 0 Å². The Balaban J connectivity index is 2.31. The van der Waals surface area contributed by atoms with Crippen LogP contribution in [0.5, 0.6) is 11.5 Å². The molecule has 4 heteroatoms. The molecule has 2 aromatic carbocycles. The molecule has 0 amide bonds.